The highest BCUT2D eigenvalue weighted by Gasteiger charge is 2.40. The Morgan fingerprint density at radius 1 is 0.600 bits per heavy atom. The number of thiophene rings is 1. The Kier molecular flexibility index (Phi) is 4.94. The highest BCUT2D eigenvalue weighted by atomic mass is 32.1. The fraction of sp³-hybridized carbons (Fsp3) is 0.0732. The quantitative estimate of drug-likeness (QED) is 0.200. The minimum absolute atomic E-state index is 0.218. The Labute approximate surface area is 264 Å². The summed E-state index contributed by atoms with van der Waals surface area (Å²) in [6.07, 6.45) is 0. The molecule has 0 fully saturated rings. The van der Waals surface area contributed by atoms with Crippen molar-refractivity contribution in [3.63, 3.8) is 0 Å². The Morgan fingerprint density at radius 2 is 1.27 bits per heavy atom. The molecule has 0 radical (unpaired) electrons. The van der Waals surface area contributed by atoms with Gasteiger partial charge in [-0.25, -0.2) is 9.97 Å². The largest absolute Gasteiger partial charge is 0.278 e. The molecule has 0 unspecified atom stereocenters. The molecule has 212 valence electrons. The second-order valence-electron chi connectivity index (χ2n) is 12.6. The number of fused-ring (bicyclic) bond motifs is 13. The number of aromatic nitrogens is 3. The molecule has 3 aromatic heterocycles. The van der Waals surface area contributed by atoms with Crippen LogP contribution in [0.25, 0.3) is 81.2 Å². The lowest BCUT2D eigenvalue weighted by Crippen LogP contribution is -2.17. The zero-order valence-corrected chi connectivity index (χ0v) is 25.7. The van der Waals surface area contributed by atoms with Gasteiger partial charge in [0.05, 0.1) is 16.7 Å². The minimum Gasteiger partial charge on any atom is -0.278 e. The Balaban J connectivity index is 1.44. The van der Waals surface area contributed by atoms with Crippen LogP contribution in [0.2, 0.25) is 0 Å². The molecule has 3 heterocycles. The number of hydrogen-bond donors (Lipinski definition) is 0. The van der Waals surface area contributed by atoms with E-state index < -0.39 is 0 Å². The van der Waals surface area contributed by atoms with E-state index in [2.05, 4.69) is 146 Å². The zero-order chi connectivity index (χ0) is 29.9. The van der Waals surface area contributed by atoms with Crippen LogP contribution in [0.1, 0.15) is 25.0 Å². The van der Waals surface area contributed by atoms with E-state index in [4.69, 9.17) is 9.97 Å². The van der Waals surface area contributed by atoms with Crippen molar-refractivity contribution in [2.75, 3.05) is 0 Å². The first-order chi connectivity index (χ1) is 22.1. The van der Waals surface area contributed by atoms with Crippen LogP contribution in [-0.2, 0) is 5.41 Å². The van der Waals surface area contributed by atoms with E-state index in [0.29, 0.717) is 5.95 Å². The van der Waals surface area contributed by atoms with Crippen LogP contribution >= 0.6 is 11.3 Å². The van der Waals surface area contributed by atoms with E-state index in [9.17, 15) is 0 Å². The van der Waals surface area contributed by atoms with Gasteiger partial charge in [0.15, 0.2) is 0 Å². The van der Waals surface area contributed by atoms with Crippen LogP contribution in [0.15, 0.2) is 127 Å². The Morgan fingerprint density at radius 3 is 2.11 bits per heavy atom. The van der Waals surface area contributed by atoms with Gasteiger partial charge in [0.1, 0.15) is 4.83 Å². The summed E-state index contributed by atoms with van der Waals surface area (Å²) >= 11 is 1.75. The van der Waals surface area contributed by atoms with Gasteiger partial charge in [0.2, 0.25) is 5.95 Å². The monoisotopic (exact) mass is 593 g/mol. The molecule has 10 rings (SSSR count). The molecule has 45 heavy (non-hydrogen) atoms. The zero-order valence-electron chi connectivity index (χ0n) is 24.9. The van der Waals surface area contributed by atoms with Gasteiger partial charge in [-0.1, -0.05) is 129 Å². The van der Waals surface area contributed by atoms with Crippen LogP contribution in [-0.4, -0.2) is 14.5 Å². The number of nitrogens with zero attached hydrogens (tertiary/aromatic N) is 3. The molecule has 0 aliphatic heterocycles. The van der Waals surface area contributed by atoms with Gasteiger partial charge in [0, 0.05) is 37.2 Å². The molecule has 0 saturated carbocycles. The second-order valence-corrected chi connectivity index (χ2v) is 13.6. The molecule has 6 aromatic carbocycles. The van der Waals surface area contributed by atoms with Crippen molar-refractivity contribution in [3.05, 3.63) is 139 Å². The molecule has 0 spiro atoms. The van der Waals surface area contributed by atoms with E-state index in [-0.39, 0.29) is 5.41 Å². The maximum atomic E-state index is 5.50. The lowest BCUT2D eigenvalue weighted by molar-refractivity contribution is 0.664. The van der Waals surface area contributed by atoms with Crippen LogP contribution < -0.4 is 0 Å². The van der Waals surface area contributed by atoms with Gasteiger partial charge >= 0.3 is 0 Å². The molecule has 0 atom stereocenters. The summed E-state index contributed by atoms with van der Waals surface area (Å²) in [6.45, 7) is 4.75. The van der Waals surface area contributed by atoms with Crippen molar-refractivity contribution in [1.29, 1.82) is 0 Å². The molecule has 0 bridgehead atoms. The SMILES string of the molecule is CC1(C)c2ccccc2-c2c1c1c(c3ccccc23)c2ccccc2n1-c1nc(-c2ccccc2)c2c(n1)sc1ccccc12. The molecule has 1 aliphatic carbocycles. The summed E-state index contributed by atoms with van der Waals surface area (Å²) in [5.41, 5.74) is 9.52. The maximum Gasteiger partial charge on any atom is 0.236 e. The van der Waals surface area contributed by atoms with Gasteiger partial charge in [-0.15, -0.1) is 11.3 Å². The van der Waals surface area contributed by atoms with Crippen LogP contribution in [0.5, 0.6) is 0 Å². The highest BCUT2D eigenvalue weighted by molar-refractivity contribution is 7.25. The lowest BCUT2D eigenvalue weighted by atomic mass is 9.80. The summed E-state index contributed by atoms with van der Waals surface area (Å²) in [6, 6.07) is 45.8. The third-order valence-corrected chi connectivity index (χ3v) is 10.9. The molecule has 9 aromatic rings. The average molecular weight is 594 g/mol. The number of benzene rings is 6. The average Bonchev–Trinajstić information content (AvgIpc) is 3.71. The Hall–Kier alpha value is -5.32. The van der Waals surface area contributed by atoms with Crippen molar-refractivity contribution >= 4 is 64.2 Å². The first kappa shape index (κ1) is 25.1. The molecule has 3 nitrogen and oxygen atoms in total. The molecule has 1 aliphatic rings. The van der Waals surface area contributed by atoms with Crippen molar-refractivity contribution in [1.82, 2.24) is 14.5 Å². The second kappa shape index (κ2) is 8.87. The van der Waals surface area contributed by atoms with Crippen molar-refractivity contribution < 1.29 is 0 Å². The van der Waals surface area contributed by atoms with E-state index in [1.807, 2.05) is 0 Å². The molecule has 0 saturated heterocycles. The summed E-state index contributed by atoms with van der Waals surface area (Å²) in [7, 11) is 0. The number of para-hydroxylation sites is 1. The maximum absolute atomic E-state index is 5.50. The number of hydrogen-bond acceptors (Lipinski definition) is 3. The summed E-state index contributed by atoms with van der Waals surface area (Å²) in [5.74, 6) is 0.711. The van der Waals surface area contributed by atoms with Crippen molar-refractivity contribution in [3.8, 4) is 28.3 Å². The first-order valence-electron chi connectivity index (χ1n) is 15.4. The predicted molar refractivity (Wildman–Crippen MR) is 190 cm³/mol. The van der Waals surface area contributed by atoms with Crippen LogP contribution in [0, 0.1) is 0 Å². The van der Waals surface area contributed by atoms with Gasteiger partial charge in [-0.05, 0) is 45.2 Å². The lowest BCUT2D eigenvalue weighted by Gasteiger charge is -2.24. The van der Waals surface area contributed by atoms with Gasteiger partial charge < -0.3 is 0 Å². The summed E-state index contributed by atoms with van der Waals surface area (Å²) in [4.78, 5) is 11.9. The fourth-order valence-electron chi connectivity index (χ4n) is 7.92. The molecule has 4 heteroatoms. The Bertz CT molecular complexity index is 2680. The van der Waals surface area contributed by atoms with Gasteiger partial charge in [-0.2, -0.15) is 0 Å². The normalized spacial score (nSPS) is 13.7. The molecule has 0 N–H and O–H groups in total. The van der Waals surface area contributed by atoms with E-state index in [1.54, 1.807) is 11.3 Å². The van der Waals surface area contributed by atoms with E-state index >= 15 is 0 Å². The molecular weight excluding hydrogens is 567 g/mol. The van der Waals surface area contributed by atoms with Gasteiger partial charge in [0.25, 0.3) is 0 Å². The smallest absolute Gasteiger partial charge is 0.236 e. The van der Waals surface area contributed by atoms with Crippen LogP contribution in [0.3, 0.4) is 0 Å². The standard InChI is InChI=1S/C41H27N3S/c1-41(2)30-21-11-8-18-27(30)33-25-16-6-7-17-26(25)34-28-19-9-12-22-31(28)44(38(34)36(33)41)40-42-37(24-14-4-3-5-15-24)35-29-20-10-13-23-32(29)45-39(35)43-40/h3-23H,1-2H3. The molecule has 0 amide bonds. The van der Waals surface area contributed by atoms with E-state index in [1.165, 1.54) is 59.4 Å². The van der Waals surface area contributed by atoms with Crippen molar-refractivity contribution in [2.24, 2.45) is 0 Å². The van der Waals surface area contributed by atoms with E-state index in [0.717, 1.165) is 27.0 Å². The van der Waals surface area contributed by atoms with Crippen molar-refractivity contribution in [2.45, 2.75) is 19.3 Å². The fourth-order valence-corrected chi connectivity index (χ4v) is 8.99. The topological polar surface area (TPSA) is 30.7 Å². The predicted octanol–water partition coefficient (Wildman–Crippen LogP) is 11.1. The summed E-state index contributed by atoms with van der Waals surface area (Å²) in [5, 5.41) is 7.37. The third kappa shape index (κ3) is 3.24. The highest BCUT2D eigenvalue weighted by Crippen LogP contribution is 2.56. The summed E-state index contributed by atoms with van der Waals surface area (Å²) < 4.78 is 3.58. The minimum atomic E-state index is -0.218. The van der Waals surface area contributed by atoms with Crippen LogP contribution in [0.4, 0.5) is 0 Å². The number of rotatable bonds is 2. The van der Waals surface area contributed by atoms with Gasteiger partial charge in [-0.3, -0.25) is 4.57 Å². The molecular formula is C41H27N3S. The third-order valence-electron chi connectivity index (χ3n) is 9.80. The first-order valence-corrected chi connectivity index (χ1v) is 16.3.